The number of benzene rings is 3. The Morgan fingerprint density at radius 2 is 1.55 bits per heavy atom. The van der Waals surface area contributed by atoms with Crippen molar-refractivity contribution in [1.29, 1.82) is 0 Å². The molecule has 0 unspecified atom stereocenters. The van der Waals surface area contributed by atoms with Crippen molar-refractivity contribution in [2.75, 3.05) is 20.8 Å². The summed E-state index contributed by atoms with van der Waals surface area (Å²) in [4.78, 5) is 4.87. The van der Waals surface area contributed by atoms with Gasteiger partial charge >= 0.3 is 0 Å². The molecule has 3 rings (SSSR count). The van der Waals surface area contributed by atoms with Crippen LogP contribution in [0.1, 0.15) is 25.8 Å². The fourth-order valence-corrected chi connectivity index (χ4v) is 4.41. The molecule has 3 aromatic rings. The van der Waals surface area contributed by atoms with Crippen molar-refractivity contribution in [3.05, 3.63) is 72.3 Å². The minimum atomic E-state index is -3.67. The van der Waals surface area contributed by atoms with Crippen LogP contribution in [0.2, 0.25) is 0 Å². The smallest absolute Gasteiger partial charge is 0.206 e. The van der Waals surface area contributed by atoms with Crippen molar-refractivity contribution in [2.45, 2.75) is 30.1 Å². The van der Waals surface area contributed by atoms with E-state index in [9.17, 15) is 8.42 Å². The number of nitrogens with zero attached hydrogens (tertiary/aromatic N) is 1. The van der Waals surface area contributed by atoms with Gasteiger partial charge in [-0.2, -0.15) is 0 Å². The molecule has 0 spiro atoms. The SMILES string of the molecule is COc1ccc(S(=O)(=O)c2ccccc2)cc1N=Cc1ccc(OCCC(C)C)c(OC)c1. The number of hydrogen-bond acceptors (Lipinski definition) is 6. The average Bonchev–Trinajstić information content (AvgIpc) is 2.83. The topological polar surface area (TPSA) is 74.2 Å². The van der Waals surface area contributed by atoms with Gasteiger partial charge in [-0.3, -0.25) is 4.99 Å². The minimum absolute atomic E-state index is 0.146. The highest BCUT2D eigenvalue weighted by molar-refractivity contribution is 7.91. The molecule has 0 N–H and O–H groups in total. The summed E-state index contributed by atoms with van der Waals surface area (Å²) in [5.41, 5.74) is 1.19. The van der Waals surface area contributed by atoms with Crippen LogP contribution in [0, 0.1) is 5.92 Å². The third-order valence-electron chi connectivity index (χ3n) is 5.01. The molecule has 3 aromatic carbocycles. The molecule has 0 aliphatic rings. The van der Waals surface area contributed by atoms with Crippen molar-refractivity contribution in [3.8, 4) is 17.2 Å². The Morgan fingerprint density at radius 3 is 2.21 bits per heavy atom. The van der Waals surface area contributed by atoms with E-state index >= 15 is 0 Å². The molecule has 174 valence electrons. The Labute approximate surface area is 195 Å². The second-order valence-electron chi connectivity index (χ2n) is 7.85. The molecule has 0 aliphatic carbocycles. The first kappa shape index (κ1) is 24.3. The summed E-state index contributed by atoms with van der Waals surface area (Å²) in [7, 11) is -0.557. The number of aliphatic imine (C=N–C) groups is 1. The van der Waals surface area contributed by atoms with Gasteiger partial charge in [-0.15, -0.1) is 0 Å². The molecular formula is C26H29NO5S. The summed E-state index contributed by atoms with van der Waals surface area (Å²) in [5.74, 6) is 2.30. The Balaban J connectivity index is 1.88. The average molecular weight is 468 g/mol. The van der Waals surface area contributed by atoms with Gasteiger partial charge in [0.2, 0.25) is 9.84 Å². The predicted molar refractivity (Wildman–Crippen MR) is 130 cm³/mol. The van der Waals surface area contributed by atoms with Crippen molar-refractivity contribution < 1.29 is 22.6 Å². The van der Waals surface area contributed by atoms with Gasteiger partial charge in [-0.1, -0.05) is 32.0 Å². The van der Waals surface area contributed by atoms with E-state index in [-0.39, 0.29) is 9.79 Å². The molecule has 0 atom stereocenters. The van der Waals surface area contributed by atoms with E-state index in [1.165, 1.54) is 19.2 Å². The van der Waals surface area contributed by atoms with Crippen LogP contribution >= 0.6 is 0 Å². The lowest BCUT2D eigenvalue weighted by Gasteiger charge is -2.12. The second-order valence-corrected chi connectivity index (χ2v) is 9.80. The molecule has 0 bridgehead atoms. The molecule has 0 saturated heterocycles. The third kappa shape index (κ3) is 6.14. The Hall–Kier alpha value is -3.32. The second kappa shape index (κ2) is 11.0. The van der Waals surface area contributed by atoms with Crippen LogP contribution in [0.3, 0.4) is 0 Å². The zero-order chi connectivity index (χ0) is 23.8. The predicted octanol–water partition coefficient (Wildman–Crippen LogP) is 5.71. The van der Waals surface area contributed by atoms with Gasteiger partial charge in [0.05, 0.1) is 30.6 Å². The first-order chi connectivity index (χ1) is 15.8. The lowest BCUT2D eigenvalue weighted by Crippen LogP contribution is -2.03. The van der Waals surface area contributed by atoms with E-state index in [0.717, 1.165) is 12.0 Å². The van der Waals surface area contributed by atoms with E-state index in [1.807, 2.05) is 18.2 Å². The van der Waals surface area contributed by atoms with E-state index < -0.39 is 9.84 Å². The first-order valence-corrected chi connectivity index (χ1v) is 12.2. The summed E-state index contributed by atoms with van der Waals surface area (Å²) < 4.78 is 42.6. The Bertz CT molecular complexity index is 1200. The van der Waals surface area contributed by atoms with Gasteiger partial charge in [-0.25, -0.2) is 8.42 Å². The monoisotopic (exact) mass is 467 g/mol. The summed E-state index contributed by atoms with van der Waals surface area (Å²) >= 11 is 0. The van der Waals surface area contributed by atoms with Crippen LogP contribution in [0.4, 0.5) is 5.69 Å². The summed E-state index contributed by atoms with van der Waals surface area (Å²) in [6.07, 6.45) is 2.59. The maximum Gasteiger partial charge on any atom is 0.206 e. The van der Waals surface area contributed by atoms with Gasteiger partial charge in [0.1, 0.15) is 11.4 Å². The molecule has 0 aliphatic heterocycles. The van der Waals surface area contributed by atoms with Gasteiger partial charge in [0, 0.05) is 6.21 Å². The normalized spacial score (nSPS) is 11.7. The third-order valence-corrected chi connectivity index (χ3v) is 6.77. The standard InChI is InChI=1S/C26H29NO5S/c1-19(2)14-15-32-25-12-10-20(16-26(25)31-4)18-27-23-17-22(11-13-24(23)30-3)33(28,29)21-8-6-5-7-9-21/h5-13,16-19H,14-15H2,1-4H3. The molecule has 0 saturated carbocycles. The number of rotatable bonds is 10. The highest BCUT2D eigenvalue weighted by Gasteiger charge is 2.19. The quantitative estimate of drug-likeness (QED) is 0.357. The number of methoxy groups -OCH3 is 2. The highest BCUT2D eigenvalue weighted by Crippen LogP contribution is 2.33. The van der Waals surface area contributed by atoms with Gasteiger partial charge in [0.15, 0.2) is 11.5 Å². The zero-order valence-corrected chi connectivity index (χ0v) is 20.1. The van der Waals surface area contributed by atoms with Crippen molar-refractivity contribution in [3.63, 3.8) is 0 Å². The van der Waals surface area contributed by atoms with E-state index in [0.29, 0.717) is 35.5 Å². The zero-order valence-electron chi connectivity index (χ0n) is 19.3. The summed E-state index contributed by atoms with van der Waals surface area (Å²) in [5, 5.41) is 0. The minimum Gasteiger partial charge on any atom is -0.494 e. The lowest BCUT2D eigenvalue weighted by atomic mass is 10.1. The van der Waals surface area contributed by atoms with Crippen LogP contribution in [0.25, 0.3) is 0 Å². The highest BCUT2D eigenvalue weighted by atomic mass is 32.2. The molecular weight excluding hydrogens is 438 g/mol. The Kier molecular flexibility index (Phi) is 8.11. The van der Waals surface area contributed by atoms with Gasteiger partial charge in [-0.05, 0) is 66.4 Å². The number of sulfone groups is 1. The van der Waals surface area contributed by atoms with Crippen molar-refractivity contribution in [1.82, 2.24) is 0 Å². The molecule has 6 nitrogen and oxygen atoms in total. The number of hydrogen-bond donors (Lipinski definition) is 0. The molecule has 0 heterocycles. The maximum absolute atomic E-state index is 13.0. The van der Waals surface area contributed by atoms with Crippen molar-refractivity contribution in [2.24, 2.45) is 10.9 Å². The number of ether oxygens (including phenoxy) is 3. The van der Waals surface area contributed by atoms with E-state index in [2.05, 4.69) is 18.8 Å². The summed E-state index contributed by atoms with van der Waals surface area (Å²) in [6.45, 7) is 4.91. The molecule has 33 heavy (non-hydrogen) atoms. The van der Waals surface area contributed by atoms with Crippen LogP contribution < -0.4 is 14.2 Å². The molecule has 0 amide bonds. The molecule has 0 radical (unpaired) electrons. The first-order valence-electron chi connectivity index (χ1n) is 10.7. The van der Waals surface area contributed by atoms with E-state index in [1.54, 1.807) is 49.7 Å². The van der Waals surface area contributed by atoms with Crippen LogP contribution in [0.15, 0.2) is 81.5 Å². The van der Waals surface area contributed by atoms with E-state index in [4.69, 9.17) is 14.2 Å². The van der Waals surface area contributed by atoms with Crippen LogP contribution in [-0.4, -0.2) is 35.5 Å². The largest absolute Gasteiger partial charge is 0.494 e. The maximum atomic E-state index is 13.0. The van der Waals surface area contributed by atoms with Crippen LogP contribution in [0.5, 0.6) is 17.2 Å². The summed E-state index contributed by atoms with van der Waals surface area (Å²) in [6, 6.07) is 18.5. The van der Waals surface area contributed by atoms with Crippen molar-refractivity contribution >= 4 is 21.7 Å². The molecule has 7 heteroatoms. The van der Waals surface area contributed by atoms with Gasteiger partial charge in [0.25, 0.3) is 0 Å². The molecule has 0 aromatic heterocycles. The fraction of sp³-hybridized carbons (Fsp3) is 0.269. The van der Waals surface area contributed by atoms with Crippen LogP contribution in [-0.2, 0) is 9.84 Å². The lowest BCUT2D eigenvalue weighted by molar-refractivity contribution is 0.273. The Morgan fingerprint density at radius 1 is 0.848 bits per heavy atom. The molecule has 0 fully saturated rings. The fourth-order valence-electron chi connectivity index (χ4n) is 3.11. The van der Waals surface area contributed by atoms with Gasteiger partial charge < -0.3 is 14.2 Å².